The molecule has 1 atom stereocenters. The molecule has 1 unspecified atom stereocenters. The molecule has 0 spiro atoms. The van der Waals surface area contributed by atoms with E-state index >= 15 is 0 Å². The van der Waals surface area contributed by atoms with E-state index in [1.165, 1.54) is 0 Å². The number of carbonyl (C=O) groups excluding carboxylic acids is 1. The van der Waals surface area contributed by atoms with Crippen LogP contribution in [0.25, 0.3) is 0 Å². The molecule has 0 aromatic heterocycles. The summed E-state index contributed by atoms with van der Waals surface area (Å²) in [6.45, 7) is 7.74. The summed E-state index contributed by atoms with van der Waals surface area (Å²) in [5.41, 5.74) is 5.72. The van der Waals surface area contributed by atoms with Crippen molar-refractivity contribution in [3.05, 3.63) is 0 Å². The fourth-order valence-electron chi connectivity index (χ4n) is 1.23. The molecule has 0 rings (SSSR count). The molecule has 0 radical (unpaired) electrons. The molecular weight excluding hydrogens is 164 g/mol. The first-order chi connectivity index (χ1) is 6.15. The Hall–Kier alpha value is -0.570. The van der Waals surface area contributed by atoms with E-state index in [2.05, 4.69) is 6.92 Å². The normalized spacial score (nSPS) is 12.6. The Morgan fingerprint density at radius 2 is 2.00 bits per heavy atom. The molecule has 0 bridgehead atoms. The topological polar surface area (TPSA) is 46.3 Å². The van der Waals surface area contributed by atoms with Crippen LogP contribution in [0.2, 0.25) is 0 Å². The van der Waals surface area contributed by atoms with Crippen molar-refractivity contribution in [2.24, 2.45) is 5.73 Å². The molecule has 0 aliphatic heterocycles. The number of amides is 1. The standard InChI is InChI=1S/C10H22N2O/c1-4-7-12(6-3)10(13)8-9(11)5-2/h9H,4-8,11H2,1-3H3. The van der Waals surface area contributed by atoms with Crippen molar-refractivity contribution in [2.75, 3.05) is 13.1 Å². The maximum Gasteiger partial charge on any atom is 0.224 e. The van der Waals surface area contributed by atoms with Gasteiger partial charge in [-0.2, -0.15) is 0 Å². The van der Waals surface area contributed by atoms with Crippen molar-refractivity contribution in [2.45, 2.75) is 46.1 Å². The van der Waals surface area contributed by atoms with Crippen LogP contribution in [0.15, 0.2) is 0 Å². The van der Waals surface area contributed by atoms with E-state index in [1.54, 1.807) is 0 Å². The first-order valence-electron chi connectivity index (χ1n) is 5.18. The van der Waals surface area contributed by atoms with Gasteiger partial charge in [0.15, 0.2) is 0 Å². The molecule has 0 aromatic carbocycles. The van der Waals surface area contributed by atoms with Gasteiger partial charge in [0.1, 0.15) is 0 Å². The lowest BCUT2D eigenvalue weighted by Crippen LogP contribution is -2.36. The first-order valence-corrected chi connectivity index (χ1v) is 5.18. The van der Waals surface area contributed by atoms with Crippen LogP contribution in [0, 0.1) is 0 Å². The van der Waals surface area contributed by atoms with Gasteiger partial charge >= 0.3 is 0 Å². The molecule has 1 amide bonds. The van der Waals surface area contributed by atoms with Crippen LogP contribution >= 0.6 is 0 Å². The van der Waals surface area contributed by atoms with E-state index in [0.29, 0.717) is 6.42 Å². The fourth-order valence-corrected chi connectivity index (χ4v) is 1.23. The second-order valence-electron chi connectivity index (χ2n) is 3.35. The first kappa shape index (κ1) is 12.4. The zero-order valence-electron chi connectivity index (χ0n) is 9.05. The summed E-state index contributed by atoms with van der Waals surface area (Å²) in [6, 6.07) is 0.0263. The third-order valence-electron chi connectivity index (χ3n) is 2.19. The molecule has 3 nitrogen and oxygen atoms in total. The quantitative estimate of drug-likeness (QED) is 0.681. The Bertz CT molecular complexity index is 148. The highest BCUT2D eigenvalue weighted by atomic mass is 16.2. The van der Waals surface area contributed by atoms with Crippen molar-refractivity contribution < 1.29 is 4.79 Å². The van der Waals surface area contributed by atoms with Crippen LogP contribution in [0.4, 0.5) is 0 Å². The van der Waals surface area contributed by atoms with Gasteiger partial charge in [-0.15, -0.1) is 0 Å². The van der Waals surface area contributed by atoms with Gasteiger partial charge in [0.05, 0.1) is 0 Å². The summed E-state index contributed by atoms with van der Waals surface area (Å²) >= 11 is 0. The van der Waals surface area contributed by atoms with Gasteiger partial charge in [-0.3, -0.25) is 4.79 Å². The molecule has 0 aliphatic rings. The molecule has 0 aromatic rings. The SMILES string of the molecule is CCCN(CC)C(=O)CC(N)CC. The second kappa shape index (κ2) is 6.89. The Balaban J connectivity index is 3.90. The summed E-state index contributed by atoms with van der Waals surface area (Å²) in [4.78, 5) is 13.4. The molecule has 78 valence electrons. The highest BCUT2D eigenvalue weighted by Crippen LogP contribution is 2.00. The van der Waals surface area contributed by atoms with Gasteiger partial charge < -0.3 is 10.6 Å². The van der Waals surface area contributed by atoms with Gasteiger partial charge in [-0.25, -0.2) is 0 Å². The average Bonchev–Trinajstić information content (AvgIpc) is 2.13. The molecule has 0 aliphatic carbocycles. The number of hydrogen-bond donors (Lipinski definition) is 1. The van der Waals surface area contributed by atoms with E-state index in [-0.39, 0.29) is 11.9 Å². The molecule has 0 saturated heterocycles. The van der Waals surface area contributed by atoms with Gasteiger partial charge in [0.25, 0.3) is 0 Å². The van der Waals surface area contributed by atoms with Crippen molar-refractivity contribution in [3.8, 4) is 0 Å². The summed E-state index contributed by atoms with van der Waals surface area (Å²) in [6.07, 6.45) is 2.38. The van der Waals surface area contributed by atoms with Gasteiger partial charge in [-0.05, 0) is 19.8 Å². The summed E-state index contributed by atoms with van der Waals surface area (Å²) in [5.74, 6) is 0.193. The molecule has 13 heavy (non-hydrogen) atoms. The van der Waals surface area contributed by atoms with E-state index in [4.69, 9.17) is 5.73 Å². The molecular formula is C10H22N2O. The van der Waals surface area contributed by atoms with Crippen molar-refractivity contribution in [1.82, 2.24) is 4.90 Å². The molecule has 0 saturated carbocycles. The van der Waals surface area contributed by atoms with Crippen LogP contribution in [0.3, 0.4) is 0 Å². The van der Waals surface area contributed by atoms with Crippen LogP contribution in [-0.4, -0.2) is 29.9 Å². The van der Waals surface area contributed by atoms with E-state index in [1.807, 2.05) is 18.7 Å². The Kier molecular flexibility index (Phi) is 6.59. The average molecular weight is 186 g/mol. The Labute approximate surface area is 81.3 Å². The minimum Gasteiger partial charge on any atom is -0.343 e. The zero-order chi connectivity index (χ0) is 10.3. The maximum absolute atomic E-state index is 11.6. The summed E-state index contributed by atoms with van der Waals surface area (Å²) < 4.78 is 0. The molecule has 2 N–H and O–H groups in total. The minimum absolute atomic E-state index is 0.0263. The second-order valence-corrected chi connectivity index (χ2v) is 3.35. The summed E-state index contributed by atoms with van der Waals surface area (Å²) in [5, 5.41) is 0. The smallest absolute Gasteiger partial charge is 0.224 e. The molecule has 0 heterocycles. The highest BCUT2D eigenvalue weighted by Gasteiger charge is 2.13. The van der Waals surface area contributed by atoms with Crippen molar-refractivity contribution in [1.29, 1.82) is 0 Å². The largest absolute Gasteiger partial charge is 0.343 e. The monoisotopic (exact) mass is 186 g/mol. The number of hydrogen-bond acceptors (Lipinski definition) is 2. The van der Waals surface area contributed by atoms with E-state index in [0.717, 1.165) is 25.9 Å². The van der Waals surface area contributed by atoms with Crippen molar-refractivity contribution in [3.63, 3.8) is 0 Å². The number of carbonyl (C=O) groups is 1. The number of nitrogens with two attached hydrogens (primary N) is 1. The van der Waals surface area contributed by atoms with Crippen LogP contribution in [-0.2, 0) is 4.79 Å². The molecule has 0 fully saturated rings. The van der Waals surface area contributed by atoms with Crippen LogP contribution < -0.4 is 5.73 Å². The van der Waals surface area contributed by atoms with Gasteiger partial charge in [-0.1, -0.05) is 13.8 Å². The molecule has 3 heteroatoms. The lowest BCUT2D eigenvalue weighted by Gasteiger charge is -2.21. The van der Waals surface area contributed by atoms with E-state index < -0.39 is 0 Å². The van der Waals surface area contributed by atoms with Crippen LogP contribution in [0.1, 0.15) is 40.0 Å². The zero-order valence-corrected chi connectivity index (χ0v) is 9.05. The maximum atomic E-state index is 11.6. The fraction of sp³-hybridized carbons (Fsp3) is 0.900. The summed E-state index contributed by atoms with van der Waals surface area (Å²) in [7, 11) is 0. The van der Waals surface area contributed by atoms with Gasteiger partial charge in [0.2, 0.25) is 5.91 Å². The third-order valence-corrected chi connectivity index (χ3v) is 2.19. The van der Waals surface area contributed by atoms with Crippen LogP contribution in [0.5, 0.6) is 0 Å². The highest BCUT2D eigenvalue weighted by molar-refractivity contribution is 5.76. The Morgan fingerprint density at radius 3 is 2.38 bits per heavy atom. The van der Waals surface area contributed by atoms with E-state index in [9.17, 15) is 4.79 Å². The lowest BCUT2D eigenvalue weighted by molar-refractivity contribution is -0.131. The predicted octanol–water partition coefficient (Wildman–Crippen LogP) is 1.37. The Morgan fingerprint density at radius 1 is 1.38 bits per heavy atom. The number of nitrogens with zero attached hydrogens (tertiary/aromatic N) is 1. The third kappa shape index (κ3) is 4.88. The lowest BCUT2D eigenvalue weighted by atomic mass is 10.1. The van der Waals surface area contributed by atoms with Crippen molar-refractivity contribution >= 4 is 5.91 Å². The van der Waals surface area contributed by atoms with Gasteiger partial charge in [0, 0.05) is 25.6 Å². The minimum atomic E-state index is 0.0263. The number of rotatable bonds is 6. The predicted molar refractivity (Wildman–Crippen MR) is 55.4 cm³/mol.